The van der Waals surface area contributed by atoms with Gasteiger partial charge in [0, 0.05) is 17.0 Å². The molecule has 6 heteroatoms. The molecule has 0 aliphatic heterocycles. The Labute approximate surface area is 120 Å². The molecule has 3 heterocycles. The van der Waals surface area contributed by atoms with Crippen LogP contribution in [0.1, 0.15) is 19.8 Å². The maximum absolute atomic E-state index is 4.63. The highest BCUT2D eigenvalue weighted by Crippen LogP contribution is 2.33. The number of hydrogen-bond acceptors (Lipinski definition) is 5. The molecule has 1 saturated carbocycles. The largest absolute Gasteiger partial charge is 0.366 e. The summed E-state index contributed by atoms with van der Waals surface area (Å²) < 4.78 is 1.81. The molecule has 0 spiro atoms. The second kappa shape index (κ2) is 4.56. The number of nitrogens with zero attached hydrogens (tertiary/aromatic N) is 4. The summed E-state index contributed by atoms with van der Waals surface area (Å²) in [6.07, 6.45) is 2.65. The summed E-state index contributed by atoms with van der Waals surface area (Å²) >= 11 is 1.65. The molecule has 0 radical (unpaired) electrons. The fourth-order valence-corrected chi connectivity index (χ4v) is 3.02. The fraction of sp³-hybridized carbons (Fsp3) is 0.357. The Balaban J connectivity index is 1.71. The lowest BCUT2D eigenvalue weighted by molar-refractivity contribution is 0.687. The maximum atomic E-state index is 4.63. The minimum absolute atomic E-state index is 0.473. The highest BCUT2D eigenvalue weighted by molar-refractivity contribution is 7.08. The Morgan fingerprint density at radius 1 is 1.30 bits per heavy atom. The third-order valence-corrected chi connectivity index (χ3v) is 4.43. The summed E-state index contributed by atoms with van der Waals surface area (Å²) in [5.41, 5.74) is 1.83. The van der Waals surface area contributed by atoms with Gasteiger partial charge in [-0.15, -0.1) is 15.3 Å². The number of anilines is 1. The van der Waals surface area contributed by atoms with Gasteiger partial charge < -0.3 is 5.32 Å². The minimum atomic E-state index is 0.473. The molecule has 0 bridgehead atoms. The first-order valence-corrected chi connectivity index (χ1v) is 7.77. The molecule has 0 amide bonds. The first-order chi connectivity index (χ1) is 9.81. The van der Waals surface area contributed by atoms with Crippen LogP contribution in [0.2, 0.25) is 0 Å². The van der Waals surface area contributed by atoms with Crippen molar-refractivity contribution in [3.05, 3.63) is 29.0 Å². The molecular formula is C14H15N5S. The molecule has 0 saturated heterocycles. The van der Waals surface area contributed by atoms with Crippen LogP contribution < -0.4 is 5.32 Å². The van der Waals surface area contributed by atoms with Crippen LogP contribution in [-0.2, 0) is 0 Å². The second-order valence-electron chi connectivity index (χ2n) is 5.29. The molecule has 5 nitrogen and oxygen atoms in total. The van der Waals surface area contributed by atoms with Crippen molar-refractivity contribution in [1.82, 2.24) is 19.8 Å². The van der Waals surface area contributed by atoms with E-state index in [2.05, 4.69) is 32.9 Å². The normalized spacial score (nSPS) is 16.4. The number of hydrogen-bond donors (Lipinski definition) is 1. The van der Waals surface area contributed by atoms with E-state index in [1.165, 1.54) is 12.8 Å². The first-order valence-electron chi connectivity index (χ1n) is 6.83. The third-order valence-electron chi connectivity index (χ3n) is 3.75. The van der Waals surface area contributed by atoms with Crippen molar-refractivity contribution in [3.63, 3.8) is 0 Å². The Hall–Kier alpha value is -1.95. The van der Waals surface area contributed by atoms with E-state index in [0.29, 0.717) is 6.04 Å². The van der Waals surface area contributed by atoms with Gasteiger partial charge in [0.2, 0.25) is 0 Å². The fourth-order valence-electron chi connectivity index (χ4n) is 2.38. The van der Waals surface area contributed by atoms with Crippen LogP contribution in [0.3, 0.4) is 0 Å². The molecule has 3 aromatic rings. The number of aromatic nitrogens is 4. The van der Waals surface area contributed by atoms with E-state index in [0.717, 1.165) is 28.8 Å². The molecule has 1 unspecified atom stereocenters. The van der Waals surface area contributed by atoms with Crippen molar-refractivity contribution in [2.24, 2.45) is 5.92 Å². The molecule has 1 aliphatic carbocycles. The van der Waals surface area contributed by atoms with Crippen molar-refractivity contribution in [2.45, 2.75) is 25.8 Å². The Morgan fingerprint density at radius 2 is 2.20 bits per heavy atom. The monoisotopic (exact) mass is 285 g/mol. The minimum Gasteiger partial charge on any atom is -0.366 e. The van der Waals surface area contributed by atoms with E-state index in [-0.39, 0.29) is 0 Å². The molecule has 4 rings (SSSR count). The molecule has 102 valence electrons. The second-order valence-corrected chi connectivity index (χ2v) is 6.07. The number of nitrogens with one attached hydrogen (secondary N) is 1. The van der Waals surface area contributed by atoms with Gasteiger partial charge in [0.15, 0.2) is 11.5 Å². The van der Waals surface area contributed by atoms with E-state index >= 15 is 0 Å². The summed E-state index contributed by atoms with van der Waals surface area (Å²) in [5.74, 6) is 2.47. The van der Waals surface area contributed by atoms with E-state index < -0.39 is 0 Å². The Kier molecular flexibility index (Phi) is 2.70. The maximum Gasteiger partial charge on any atom is 0.186 e. The van der Waals surface area contributed by atoms with E-state index in [9.17, 15) is 0 Å². The van der Waals surface area contributed by atoms with Crippen molar-refractivity contribution < 1.29 is 0 Å². The zero-order valence-electron chi connectivity index (χ0n) is 11.2. The number of rotatable bonds is 4. The lowest BCUT2D eigenvalue weighted by atomic mass is 10.2. The molecule has 20 heavy (non-hydrogen) atoms. The molecule has 1 atom stereocenters. The summed E-state index contributed by atoms with van der Waals surface area (Å²) in [6.45, 7) is 2.22. The smallest absolute Gasteiger partial charge is 0.186 e. The Bertz CT molecular complexity index is 729. The van der Waals surface area contributed by atoms with E-state index in [4.69, 9.17) is 0 Å². The van der Waals surface area contributed by atoms with Crippen LogP contribution in [0, 0.1) is 5.92 Å². The molecule has 3 aromatic heterocycles. The highest BCUT2D eigenvalue weighted by Gasteiger charge is 2.28. The van der Waals surface area contributed by atoms with E-state index in [1.807, 2.05) is 28.1 Å². The van der Waals surface area contributed by atoms with Gasteiger partial charge in [-0.2, -0.15) is 15.9 Å². The summed E-state index contributed by atoms with van der Waals surface area (Å²) in [4.78, 5) is 0. The first kappa shape index (κ1) is 11.8. The van der Waals surface area contributed by atoms with Gasteiger partial charge in [-0.05, 0) is 49.3 Å². The molecule has 1 aliphatic rings. The summed E-state index contributed by atoms with van der Waals surface area (Å²) in [6, 6.07) is 6.44. The zero-order chi connectivity index (χ0) is 13.5. The summed E-state index contributed by atoms with van der Waals surface area (Å²) in [5, 5.41) is 20.6. The van der Waals surface area contributed by atoms with Gasteiger partial charge in [0.1, 0.15) is 5.82 Å². The van der Waals surface area contributed by atoms with Crippen LogP contribution in [0.5, 0.6) is 0 Å². The predicted octanol–water partition coefficient (Wildman–Crippen LogP) is 3.06. The van der Waals surface area contributed by atoms with Crippen LogP contribution >= 0.6 is 11.3 Å². The van der Waals surface area contributed by atoms with Crippen LogP contribution in [0.25, 0.3) is 17.0 Å². The van der Waals surface area contributed by atoms with Gasteiger partial charge in [-0.1, -0.05) is 0 Å². The average Bonchev–Trinajstić information content (AvgIpc) is 3.01. The highest BCUT2D eigenvalue weighted by atomic mass is 32.1. The molecule has 1 fully saturated rings. The standard InChI is InChI=1S/C14H15N5S/c1-9(10-2-3-10)15-12-4-5-13-16-17-14(19(13)18-12)11-6-7-20-8-11/h4-10H,2-3H2,1H3,(H,15,18). The van der Waals surface area contributed by atoms with E-state index in [1.54, 1.807) is 11.3 Å². The van der Waals surface area contributed by atoms with Crippen LogP contribution in [0.4, 0.5) is 5.82 Å². The van der Waals surface area contributed by atoms with Crippen molar-refractivity contribution in [1.29, 1.82) is 0 Å². The molecule has 0 aromatic carbocycles. The van der Waals surface area contributed by atoms with Gasteiger partial charge in [0.25, 0.3) is 0 Å². The Morgan fingerprint density at radius 3 is 2.95 bits per heavy atom. The molecular weight excluding hydrogens is 270 g/mol. The topological polar surface area (TPSA) is 55.1 Å². The van der Waals surface area contributed by atoms with Crippen molar-refractivity contribution in [2.75, 3.05) is 5.32 Å². The predicted molar refractivity (Wildman–Crippen MR) is 79.9 cm³/mol. The average molecular weight is 285 g/mol. The van der Waals surface area contributed by atoms with Gasteiger partial charge in [-0.3, -0.25) is 0 Å². The summed E-state index contributed by atoms with van der Waals surface area (Å²) in [7, 11) is 0. The van der Waals surface area contributed by atoms with Gasteiger partial charge in [0.05, 0.1) is 0 Å². The lowest BCUT2D eigenvalue weighted by Gasteiger charge is -2.13. The number of fused-ring (bicyclic) bond motifs is 1. The van der Waals surface area contributed by atoms with Crippen molar-refractivity contribution >= 4 is 22.8 Å². The van der Waals surface area contributed by atoms with Crippen LogP contribution in [-0.4, -0.2) is 25.9 Å². The molecule has 1 N–H and O–H groups in total. The zero-order valence-corrected chi connectivity index (χ0v) is 12.0. The lowest BCUT2D eigenvalue weighted by Crippen LogP contribution is -2.18. The van der Waals surface area contributed by atoms with Gasteiger partial charge >= 0.3 is 0 Å². The van der Waals surface area contributed by atoms with Crippen LogP contribution in [0.15, 0.2) is 29.0 Å². The van der Waals surface area contributed by atoms with Crippen molar-refractivity contribution in [3.8, 4) is 11.4 Å². The van der Waals surface area contributed by atoms with Gasteiger partial charge in [-0.25, -0.2) is 0 Å². The number of thiophene rings is 1. The quantitative estimate of drug-likeness (QED) is 0.800. The SMILES string of the molecule is CC(Nc1ccc2nnc(-c3ccsc3)n2n1)C1CC1. The third kappa shape index (κ3) is 2.06.